The number of benzene rings is 1. The molecule has 0 aliphatic rings. The number of amides is 1. The molecular formula is C19H22N4O3. The van der Waals surface area contributed by atoms with Crippen molar-refractivity contribution in [2.24, 2.45) is 0 Å². The molecule has 0 unspecified atom stereocenters. The molecule has 2 N–H and O–H groups in total. The molecular weight excluding hydrogens is 332 g/mol. The molecule has 2 heterocycles. The number of carbonyl (C=O) groups excluding carboxylic acids is 1. The third-order valence-electron chi connectivity index (χ3n) is 3.98. The van der Waals surface area contributed by atoms with E-state index in [4.69, 9.17) is 4.74 Å². The van der Waals surface area contributed by atoms with Gasteiger partial charge < -0.3 is 14.5 Å². The third-order valence-corrected chi connectivity index (χ3v) is 3.98. The van der Waals surface area contributed by atoms with Gasteiger partial charge in [0, 0.05) is 11.8 Å². The van der Waals surface area contributed by atoms with E-state index < -0.39 is 6.09 Å². The summed E-state index contributed by atoms with van der Waals surface area (Å²) in [6, 6.07) is 8.11. The predicted molar refractivity (Wildman–Crippen MR) is 101 cm³/mol. The van der Waals surface area contributed by atoms with Crippen molar-refractivity contribution in [3.05, 3.63) is 36.0 Å². The largest absolute Gasteiger partial charge is 0.493 e. The summed E-state index contributed by atoms with van der Waals surface area (Å²) in [5, 5.41) is 2.50. The van der Waals surface area contributed by atoms with Gasteiger partial charge in [-0.25, -0.2) is 9.78 Å². The van der Waals surface area contributed by atoms with Crippen LogP contribution in [0.4, 0.5) is 10.7 Å². The fourth-order valence-electron chi connectivity index (χ4n) is 2.65. The number of hydrogen-bond donors (Lipinski definition) is 2. The first-order valence-electron chi connectivity index (χ1n) is 8.61. The van der Waals surface area contributed by atoms with Crippen molar-refractivity contribution < 1.29 is 14.3 Å². The van der Waals surface area contributed by atoms with Crippen LogP contribution in [0.25, 0.3) is 22.3 Å². The zero-order chi connectivity index (χ0) is 18.5. The molecule has 1 amide bonds. The third kappa shape index (κ3) is 3.77. The second kappa shape index (κ2) is 7.86. The number of anilines is 1. The van der Waals surface area contributed by atoms with Crippen molar-refractivity contribution >= 4 is 23.2 Å². The molecule has 3 aromatic rings. The van der Waals surface area contributed by atoms with Crippen LogP contribution in [0.3, 0.4) is 0 Å². The van der Waals surface area contributed by atoms with Gasteiger partial charge in [-0.3, -0.25) is 5.32 Å². The summed E-state index contributed by atoms with van der Waals surface area (Å²) in [5.41, 5.74) is 4.44. The summed E-state index contributed by atoms with van der Waals surface area (Å²) < 4.78 is 10.4. The number of pyridine rings is 1. The number of ether oxygens (including phenoxy) is 2. The number of rotatable bonds is 6. The SMILES string of the molecule is CCCOc1ccc(-c2cnc3nc(NC(=O)OC)[nH]c3c2)cc1CC. The number of imidazole rings is 1. The van der Waals surface area contributed by atoms with Crippen LogP contribution in [-0.4, -0.2) is 34.8 Å². The van der Waals surface area contributed by atoms with E-state index in [0.717, 1.165) is 40.8 Å². The average molecular weight is 354 g/mol. The van der Waals surface area contributed by atoms with E-state index >= 15 is 0 Å². The smallest absolute Gasteiger partial charge is 0.413 e. The topological polar surface area (TPSA) is 89.1 Å². The van der Waals surface area contributed by atoms with Gasteiger partial charge in [-0.1, -0.05) is 19.9 Å². The lowest BCUT2D eigenvalue weighted by Gasteiger charge is -2.11. The highest BCUT2D eigenvalue weighted by Crippen LogP contribution is 2.28. The summed E-state index contributed by atoms with van der Waals surface area (Å²) in [7, 11) is 1.30. The predicted octanol–water partition coefficient (Wildman–Crippen LogP) is 4.15. The Morgan fingerprint density at radius 1 is 1.23 bits per heavy atom. The fraction of sp³-hybridized carbons (Fsp3) is 0.316. The second-order valence-corrected chi connectivity index (χ2v) is 5.82. The number of aromatic amines is 1. The molecule has 26 heavy (non-hydrogen) atoms. The molecule has 136 valence electrons. The average Bonchev–Trinajstić information content (AvgIpc) is 3.07. The number of H-pyrrole nitrogens is 1. The molecule has 0 radical (unpaired) electrons. The van der Waals surface area contributed by atoms with Gasteiger partial charge in [0.1, 0.15) is 5.75 Å². The summed E-state index contributed by atoms with van der Waals surface area (Å²) in [4.78, 5) is 22.9. The number of fused-ring (bicyclic) bond motifs is 1. The van der Waals surface area contributed by atoms with Crippen molar-refractivity contribution in [2.45, 2.75) is 26.7 Å². The molecule has 3 rings (SSSR count). The summed E-state index contributed by atoms with van der Waals surface area (Å²) in [5.74, 6) is 1.23. The van der Waals surface area contributed by atoms with Gasteiger partial charge in [0.2, 0.25) is 5.95 Å². The highest BCUT2D eigenvalue weighted by Gasteiger charge is 2.10. The molecule has 2 aromatic heterocycles. The van der Waals surface area contributed by atoms with Crippen LogP contribution in [0.1, 0.15) is 25.8 Å². The van der Waals surface area contributed by atoms with Gasteiger partial charge in [-0.05, 0) is 42.2 Å². The Kier molecular flexibility index (Phi) is 5.36. The molecule has 7 heteroatoms. The summed E-state index contributed by atoms with van der Waals surface area (Å²) >= 11 is 0. The molecule has 0 aliphatic carbocycles. The number of methoxy groups -OCH3 is 1. The van der Waals surface area contributed by atoms with E-state index in [1.165, 1.54) is 7.11 Å². The molecule has 0 saturated carbocycles. The monoisotopic (exact) mass is 354 g/mol. The highest BCUT2D eigenvalue weighted by atomic mass is 16.5. The van der Waals surface area contributed by atoms with E-state index in [-0.39, 0.29) is 0 Å². The van der Waals surface area contributed by atoms with Crippen molar-refractivity contribution in [3.63, 3.8) is 0 Å². The summed E-state index contributed by atoms with van der Waals surface area (Å²) in [6.45, 7) is 4.91. The lowest BCUT2D eigenvalue weighted by molar-refractivity contribution is 0.186. The standard InChI is InChI=1S/C19H22N4O3/c1-4-8-26-16-7-6-13(9-12(16)5-2)14-10-15-17(20-11-14)22-18(21-15)23-19(24)25-3/h6-7,9-11H,4-5,8H2,1-3H3,(H2,20,21,22,23,24). The number of aromatic nitrogens is 3. The maximum Gasteiger partial charge on any atom is 0.413 e. The normalized spacial score (nSPS) is 10.7. The quantitative estimate of drug-likeness (QED) is 0.694. The first kappa shape index (κ1) is 17.7. The number of nitrogens with zero attached hydrogens (tertiary/aromatic N) is 2. The molecule has 7 nitrogen and oxygen atoms in total. The Bertz CT molecular complexity index is 920. The molecule has 0 atom stereocenters. The number of carbonyl (C=O) groups is 1. The van der Waals surface area contributed by atoms with Crippen LogP contribution in [0.2, 0.25) is 0 Å². The first-order chi connectivity index (χ1) is 12.6. The van der Waals surface area contributed by atoms with Gasteiger partial charge in [-0.15, -0.1) is 0 Å². The molecule has 0 aliphatic heterocycles. The number of hydrogen-bond acceptors (Lipinski definition) is 5. The van der Waals surface area contributed by atoms with Crippen molar-refractivity contribution in [2.75, 3.05) is 19.0 Å². The lowest BCUT2D eigenvalue weighted by Crippen LogP contribution is -2.11. The van der Waals surface area contributed by atoms with Crippen molar-refractivity contribution in [1.82, 2.24) is 15.0 Å². The van der Waals surface area contributed by atoms with Crippen LogP contribution in [0.15, 0.2) is 30.5 Å². The minimum absolute atomic E-state index is 0.300. The van der Waals surface area contributed by atoms with Crippen LogP contribution < -0.4 is 10.1 Å². The Labute approximate surface area is 151 Å². The highest BCUT2D eigenvalue weighted by molar-refractivity contribution is 5.86. The van der Waals surface area contributed by atoms with E-state index in [1.54, 1.807) is 6.20 Å². The zero-order valence-corrected chi connectivity index (χ0v) is 15.1. The minimum Gasteiger partial charge on any atom is -0.493 e. The van der Waals surface area contributed by atoms with E-state index in [1.807, 2.05) is 18.2 Å². The van der Waals surface area contributed by atoms with Crippen LogP contribution in [-0.2, 0) is 11.2 Å². The Morgan fingerprint density at radius 3 is 2.81 bits per heavy atom. The van der Waals surface area contributed by atoms with Gasteiger partial charge in [0.15, 0.2) is 5.65 Å². The van der Waals surface area contributed by atoms with E-state index in [9.17, 15) is 4.79 Å². The lowest BCUT2D eigenvalue weighted by atomic mass is 10.0. The molecule has 0 bridgehead atoms. The summed E-state index contributed by atoms with van der Waals surface area (Å²) in [6.07, 6.45) is 3.05. The van der Waals surface area contributed by atoms with Crippen molar-refractivity contribution in [1.29, 1.82) is 0 Å². The first-order valence-corrected chi connectivity index (χ1v) is 8.61. The Hall–Kier alpha value is -3.09. The van der Waals surface area contributed by atoms with Gasteiger partial charge in [0.05, 0.1) is 19.2 Å². The van der Waals surface area contributed by atoms with Crippen LogP contribution in [0.5, 0.6) is 5.75 Å². The minimum atomic E-state index is -0.584. The zero-order valence-electron chi connectivity index (χ0n) is 15.1. The fourth-order valence-corrected chi connectivity index (χ4v) is 2.65. The van der Waals surface area contributed by atoms with E-state index in [2.05, 4.69) is 44.9 Å². The Balaban J connectivity index is 1.91. The number of aryl methyl sites for hydroxylation is 1. The molecule has 0 spiro atoms. The van der Waals surface area contributed by atoms with Crippen LogP contribution >= 0.6 is 0 Å². The van der Waals surface area contributed by atoms with Crippen LogP contribution in [0, 0.1) is 0 Å². The van der Waals surface area contributed by atoms with E-state index in [0.29, 0.717) is 18.2 Å². The maximum absolute atomic E-state index is 11.3. The van der Waals surface area contributed by atoms with Gasteiger partial charge in [-0.2, -0.15) is 4.98 Å². The second-order valence-electron chi connectivity index (χ2n) is 5.82. The number of nitrogens with one attached hydrogen (secondary N) is 2. The Morgan fingerprint density at radius 2 is 2.08 bits per heavy atom. The van der Waals surface area contributed by atoms with Gasteiger partial charge >= 0.3 is 6.09 Å². The molecule has 0 saturated heterocycles. The van der Waals surface area contributed by atoms with Crippen molar-refractivity contribution in [3.8, 4) is 16.9 Å². The molecule has 1 aromatic carbocycles. The van der Waals surface area contributed by atoms with Gasteiger partial charge in [0.25, 0.3) is 0 Å². The molecule has 0 fully saturated rings. The maximum atomic E-state index is 11.3.